The lowest BCUT2D eigenvalue weighted by atomic mass is 10.2. The molecule has 0 spiro atoms. The second-order valence-electron chi connectivity index (χ2n) is 4.98. The molecule has 0 saturated carbocycles. The molecule has 0 radical (unpaired) electrons. The van der Waals surface area contributed by atoms with Crippen LogP contribution in [-0.2, 0) is 9.59 Å². The van der Waals surface area contributed by atoms with E-state index < -0.39 is 11.8 Å². The van der Waals surface area contributed by atoms with Gasteiger partial charge in [0.1, 0.15) is 12.4 Å². The Labute approximate surface area is 160 Å². The molecule has 26 heavy (non-hydrogen) atoms. The Morgan fingerprint density at radius 3 is 2.35 bits per heavy atom. The quantitative estimate of drug-likeness (QED) is 0.341. The molecule has 0 aliphatic rings. The van der Waals surface area contributed by atoms with E-state index in [1.54, 1.807) is 30.3 Å². The summed E-state index contributed by atoms with van der Waals surface area (Å²) in [6, 6.07) is 11.5. The maximum absolute atomic E-state index is 11.8. The van der Waals surface area contributed by atoms with E-state index in [9.17, 15) is 9.59 Å². The van der Waals surface area contributed by atoms with Crippen molar-refractivity contribution in [1.29, 1.82) is 0 Å². The molecule has 0 heterocycles. The van der Waals surface area contributed by atoms with Gasteiger partial charge >= 0.3 is 11.8 Å². The monoisotopic (exact) mass is 391 g/mol. The number of halogens is 2. The van der Waals surface area contributed by atoms with Gasteiger partial charge in [-0.3, -0.25) is 9.59 Å². The Kier molecular flexibility index (Phi) is 7.20. The number of anilines is 1. The fourth-order valence-electron chi connectivity index (χ4n) is 1.84. The van der Waals surface area contributed by atoms with Crippen LogP contribution < -0.4 is 15.5 Å². The maximum atomic E-state index is 11.8. The molecule has 6 nitrogen and oxygen atoms in total. The molecule has 0 aliphatic carbocycles. The number of hydrazone groups is 1. The second-order valence-corrected chi connectivity index (χ2v) is 5.85. The fraction of sp³-hybridized carbons (Fsp3) is 0.0556. The van der Waals surface area contributed by atoms with E-state index in [-0.39, 0.29) is 0 Å². The molecule has 134 valence electrons. The minimum atomic E-state index is -0.928. The Morgan fingerprint density at radius 2 is 1.73 bits per heavy atom. The molecule has 0 bridgehead atoms. The van der Waals surface area contributed by atoms with Crippen molar-refractivity contribution < 1.29 is 14.3 Å². The largest absolute Gasteiger partial charge is 0.490 e. The number of hydrogen-bond acceptors (Lipinski definition) is 4. The molecule has 8 heteroatoms. The Morgan fingerprint density at radius 1 is 1.08 bits per heavy atom. The molecule has 2 aromatic rings. The lowest BCUT2D eigenvalue weighted by Gasteiger charge is -2.05. The second kappa shape index (κ2) is 9.60. The molecule has 0 aliphatic heterocycles. The minimum absolute atomic E-state index is 0.307. The smallest absolute Gasteiger partial charge is 0.329 e. The van der Waals surface area contributed by atoms with Crippen LogP contribution in [0.15, 0.2) is 60.2 Å². The molecule has 2 rings (SSSR count). The number of carbonyl (C=O) groups is 2. The molecular formula is C18H15Cl2N3O3. The van der Waals surface area contributed by atoms with Crippen LogP contribution in [0.3, 0.4) is 0 Å². The Balaban J connectivity index is 1.87. The van der Waals surface area contributed by atoms with E-state index in [0.29, 0.717) is 28.1 Å². The predicted molar refractivity (Wildman–Crippen MR) is 103 cm³/mol. The highest BCUT2D eigenvalue weighted by Gasteiger charge is 2.13. The third-order valence-electron chi connectivity index (χ3n) is 2.95. The van der Waals surface area contributed by atoms with Gasteiger partial charge in [0.05, 0.1) is 6.21 Å². The standard InChI is InChI=1S/C18H15Cl2N3O3/c1-2-7-26-16-5-3-12(4-6-16)11-21-23-18(25)17(24)22-15-9-13(19)8-14(20)10-15/h2-6,8-11H,1,7H2,(H,22,24)(H,23,25)/b21-11-. The highest BCUT2D eigenvalue weighted by atomic mass is 35.5. The number of carbonyl (C=O) groups excluding carboxylic acids is 2. The molecule has 0 unspecified atom stereocenters. The fourth-order valence-corrected chi connectivity index (χ4v) is 2.36. The zero-order valence-corrected chi connectivity index (χ0v) is 15.1. The first-order valence-electron chi connectivity index (χ1n) is 7.42. The summed E-state index contributed by atoms with van der Waals surface area (Å²) in [6.45, 7) is 3.98. The Bertz CT molecular complexity index is 816. The van der Waals surface area contributed by atoms with Crippen molar-refractivity contribution in [2.24, 2.45) is 5.10 Å². The SMILES string of the molecule is C=CCOc1ccc(/C=N\NC(=O)C(=O)Nc2cc(Cl)cc(Cl)c2)cc1. The van der Waals surface area contributed by atoms with Crippen molar-refractivity contribution in [3.05, 3.63) is 70.7 Å². The maximum Gasteiger partial charge on any atom is 0.329 e. The summed E-state index contributed by atoms with van der Waals surface area (Å²) in [6.07, 6.45) is 3.05. The van der Waals surface area contributed by atoms with Gasteiger partial charge in [0.15, 0.2) is 0 Å². The summed E-state index contributed by atoms with van der Waals surface area (Å²) in [5, 5.41) is 6.80. The van der Waals surface area contributed by atoms with E-state index in [0.717, 1.165) is 5.56 Å². The summed E-state index contributed by atoms with van der Waals surface area (Å²) >= 11 is 11.7. The number of hydrogen-bond donors (Lipinski definition) is 2. The van der Waals surface area contributed by atoms with Crippen molar-refractivity contribution in [3.8, 4) is 5.75 Å². The van der Waals surface area contributed by atoms with Gasteiger partial charge in [-0.1, -0.05) is 35.9 Å². The van der Waals surface area contributed by atoms with Crippen LogP contribution in [0.4, 0.5) is 5.69 Å². The van der Waals surface area contributed by atoms with Crippen molar-refractivity contribution in [1.82, 2.24) is 5.43 Å². The van der Waals surface area contributed by atoms with E-state index in [1.807, 2.05) is 0 Å². The average molecular weight is 392 g/mol. The first-order chi connectivity index (χ1) is 12.5. The van der Waals surface area contributed by atoms with E-state index >= 15 is 0 Å². The van der Waals surface area contributed by atoms with Gasteiger partial charge in [0.2, 0.25) is 0 Å². The predicted octanol–water partition coefficient (Wildman–Crippen LogP) is 3.65. The lowest BCUT2D eigenvalue weighted by molar-refractivity contribution is -0.136. The van der Waals surface area contributed by atoms with Crippen LogP contribution in [0.2, 0.25) is 10.0 Å². The van der Waals surface area contributed by atoms with Crippen molar-refractivity contribution in [2.75, 3.05) is 11.9 Å². The van der Waals surface area contributed by atoms with Crippen LogP contribution in [-0.4, -0.2) is 24.6 Å². The van der Waals surface area contributed by atoms with Crippen LogP contribution in [0.25, 0.3) is 0 Å². The highest BCUT2D eigenvalue weighted by molar-refractivity contribution is 6.40. The summed E-state index contributed by atoms with van der Waals surface area (Å²) in [5.41, 5.74) is 3.17. The number of nitrogens with zero attached hydrogens (tertiary/aromatic N) is 1. The van der Waals surface area contributed by atoms with Crippen molar-refractivity contribution >= 4 is 46.9 Å². The number of amides is 2. The molecule has 2 aromatic carbocycles. The molecule has 2 amide bonds. The summed E-state index contributed by atoms with van der Waals surface area (Å²) in [5.74, 6) is -1.14. The number of nitrogens with one attached hydrogen (secondary N) is 2. The van der Waals surface area contributed by atoms with E-state index in [4.69, 9.17) is 27.9 Å². The summed E-state index contributed by atoms with van der Waals surface area (Å²) < 4.78 is 5.35. The topological polar surface area (TPSA) is 79.8 Å². The first kappa shape index (κ1) is 19.5. The summed E-state index contributed by atoms with van der Waals surface area (Å²) in [7, 11) is 0. The van der Waals surface area contributed by atoms with E-state index in [1.165, 1.54) is 24.4 Å². The van der Waals surface area contributed by atoms with Gasteiger partial charge in [-0.25, -0.2) is 5.43 Å². The van der Waals surface area contributed by atoms with Gasteiger partial charge in [-0.15, -0.1) is 0 Å². The molecule has 0 atom stereocenters. The number of benzene rings is 2. The zero-order valence-electron chi connectivity index (χ0n) is 13.5. The molecule has 0 aromatic heterocycles. The van der Waals surface area contributed by atoms with Gasteiger partial charge in [-0.05, 0) is 48.0 Å². The highest BCUT2D eigenvalue weighted by Crippen LogP contribution is 2.22. The molecule has 2 N–H and O–H groups in total. The van der Waals surface area contributed by atoms with Crippen LogP contribution in [0.5, 0.6) is 5.75 Å². The van der Waals surface area contributed by atoms with Gasteiger partial charge < -0.3 is 10.1 Å². The van der Waals surface area contributed by atoms with Crippen LogP contribution in [0.1, 0.15) is 5.56 Å². The van der Waals surface area contributed by atoms with E-state index in [2.05, 4.69) is 22.4 Å². The summed E-state index contributed by atoms with van der Waals surface area (Å²) in [4.78, 5) is 23.6. The molecule has 0 saturated heterocycles. The van der Waals surface area contributed by atoms with Crippen molar-refractivity contribution in [3.63, 3.8) is 0 Å². The van der Waals surface area contributed by atoms with Gasteiger partial charge in [-0.2, -0.15) is 5.10 Å². The average Bonchev–Trinajstić information content (AvgIpc) is 2.60. The first-order valence-corrected chi connectivity index (χ1v) is 8.18. The number of ether oxygens (including phenoxy) is 1. The minimum Gasteiger partial charge on any atom is -0.490 e. The third kappa shape index (κ3) is 6.23. The molecular weight excluding hydrogens is 377 g/mol. The molecule has 0 fully saturated rings. The van der Waals surface area contributed by atoms with Crippen molar-refractivity contribution in [2.45, 2.75) is 0 Å². The normalized spacial score (nSPS) is 10.4. The lowest BCUT2D eigenvalue weighted by Crippen LogP contribution is -2.32. The number of rotatable bonds is 6. The van der Waals surface area contributed by atoms with Crippen LogP contribution >= 0.6 is 23.2 Å². The van der Waals surface area contributed by atoms with Gasteiger partial charge in [0.25, 0.3) is 0 Å². The zero-order chi connectivity index (χ0) is 18.9. The third-order valence-corrected chi connectivity index (χ3v) is 3.39. The van der Waals surface area contributed by atoms with Crippen LogP contribution in [0, 0.1) is 0 Å². The van der Waals surface area contributed by atoms with Gasteiger partial charge in [0, 0.05) is 15.7 Å². The Hall–Kier alpha value is -2.83.